The molecule has 2 aliphatic rings. The van der Waals surface area contributed by atoms with Crippen LogP contribution in [-0.4, -0.2) is 17.8 Å². The van der Waals surface area contributed by atoms with E-state index in [4.69, 9.17) is 16.3 Å². The molecule has 0 N–H and O–H groups in total. The molecule has 1 saturated heterocycles. The number of esters is 1. The lowest BCUT2D eigenvalue weighted by atomic mass is 9.65. The summed E-state index contributed by atoms with van der Waals surface area (Å²) in [6.07, 6.45) is -0.109. The Morgan fingerprint density at radius 2 is 1.72 bits per heavy atom. The molecule has 2 heterocycles. The van der Waals surface area contributed by atoms with Gasteiger partial charge in [-0.2, -0.15) is 0 Å². The van der Waals surface area contributed by atoms with Gasteiger partial charge in [0.15, 0.2) is 0 Å². The summed E-state index contributed by atoms with van der Waals surface area (Å²) in [5, 5.41) is 0.463. The Bertz CT molecular complexity index is 1290. The minimum absolute atomic E-state index is 0.109. The number of rotatable bonds is 3. The summed E-state index contributed by atoms with van der Waals surface area (Å²) in [6.45, 7) is 3.77. The number of halogens is 1. The smallest absolute Gasteiger partial charge is 0.327 e. The monoisotopic (exact) mass is 445 g/mol. The lowest BCUT2D eigenvalue weighted by Gasteiger charge is -2.31. The van der Waals surface area contributed by atoms with Gasteiger partial charge in [0.1, 0.15) is 11.2 Å². The van der Waals surface area contributed by atoms with Crippen LogP contribution in [0.1, 0.15) is 28.7 Å². The molecule has 0 spiro atoms. The maximum absolute atomic E-state index is 13.8. The number of benzene rings is 3. The molecule has 32 heavy (non-hydrogen) atoms. The maximum Gasteiger partial charge on any atom is 0.327 e. The Hall–Kier alpha value is -3.44. The number of imide groups is 1. The normalized spacial score (nSPS) is 22.3. The van der Waals surface area contributed by atoms with E-state index in [2.05, 4.69) is 0 Å². The van der Waals surface area contributed by atoms with Crippen LogP contribution in [0.2, 0.25) is 5.02 Å². The number of hydrogen-bond acceptors (Lipinski definition) is 4. The van der Waals surface area contributed by atoms with Crippen molar-refractivity contribution in [2.24, 2.45) is 5.92 Å². The van der Waals surface area contributed by atoms with E-state index in [1.807, 2.05) is 56.3 Å². The van der Waals surface area contributed by atoms with Crippen LogP contribution in [0.4, 0.5) is 5.69 Å². The van der Waals surface area contributed by atoms with E-state index in [1.165, 1.54) is 0 Å². The van der Waals surface area contributed by atoms with E-state index in [-0.39, 0.29) is 12.3 Å². The summed E-state index contributed by atoms with van der Waals surface area (Å²) in [5.41, 5.74) is 2.01. The van der Waals surface area contributed by atoms with Gasteiger partial charge in [-0.05, 0) is 43.2 Å². The summed E-state index contributed by atoms with van der Waals surface area (Å²) < 4.78 is 5.66. The minimum atomic E-state index is -1.40. The molecule has 0 radical (unpaired) electrons. The Morgan fingerprint density at radius 3 is 2.44 bits per heavy atom. The molecule has 0 aliphatic carbocycles. The molecule has 6 heteroatoms. The zero-order valence-corrected chi connectivity index (χ0v) is 18.3. The molecule has 2 amide bonds. The SMILES string of the molecule is Cc1ccc2c(c1)[C@@](c1ccccc1)([C@@H]1CC(=O)N(c3ccc(C)c(Cl)c3)C1=O)C(=O)O2. The van der Waals surface area contributed by atoms with E-state index < -0.39 is 23.2 Å². The van der Waals surface area contributed by atoms with Gasteiger partial charge in [0, 0.05) is 17.0 Å². The number of carbonyl (C=O) groups excluding carboxylic acids is 3. The molecule has 5 nitrogen and oxygen atoms in total. The highest BCUT2D eigenvalue weighted by Crippen LogP contribution is 2.53. The fourth-order valence-corrected chi connectivity index (χ4v) is 4.97. The molecule has 5 rings (SSSR count). The second kappa shape index (κ2) is 7.31. The van der Waals surface area contributed by atoms with Crippen molar-refractivity contribution in [1.29, 1.82) is 0 Å². The summed E-state index contributed by atoms with van der Waals surface area (Å²) in [4.78, 5) is 41.6. The second-order valence-corrected chi connectivity index (χ2v) is 8.73. The Kier molecular flexibility index (Phi) is 4.68. The summed E-state index contributed by atoms with van der Waals surface area (Å²) >= 11 is 6.26. The molecule has 0 aromatic heterocycles. The van der Waals surface area contributed by atoms with Gasteiger partial charge >= 0.3 is 5.97 Å². The first-order valence-electron chi connectivity index (χ1n) is 10.4. The predicted octanol–water partition coefficient (Wildman–Crippen LogP) is 4.74. The lowest BCUT2D eigenvalue weighted by Crippen LogP contribution is -2.46. The van der Waals surface area contributed by atoms with Gasteiger partial charge in [0.05, 0.1) is 11.6 Å². The van der Waals surface area contributed by atoms with Gasteiger partial charge in [0.2, 0.25) is 11.8 Å². The van der Waals surface area contributed by atoms with Gasteiger partial charge < -0.3 is 4.74 Å². The first-order valence-corrected chi connectivity index (χ1v) is 10.7. The maximum atomic E-state index is 13.8. The number of aryl methyl sites for hydroxylation is 2. The second-order valence-electron chi connectivity index (χ2n) is 8.32. The Morgan fingerprint density at radius 1 is 0.969 bits per heavy atom. The highest BCUT2D eigenvalue weighted by atomic mass is 35.5. The highest BCUT2D eigenvalue weighted by Gasteiger charge is 2.62. The van der Waals surface area contributed by atoms with Crippen LogP contribution in [-0.2, 0) is 19.8 Å². The van der Waals surface area contributed by atoms with Crippen LogP contribution in [0.25, 0.3) is 0 Å². The average Bonchev–Trinajstić information content (AvgIpc) is 3.23. The van der Waals surface area contributed by atoms with E-state index in [9.17, 15) is 14.4 Å². The first kappa shape index (κ1) is 20.5. The van der Waals surface area contributed by atoms with Crippen LogP contribution in [0, 0.1) is 19.8 Å². The van der Waals surface area contributed by atoms with E-state index in [1.54, 1.807) is 24.3 Å². The first-order chi connectivity index (χ1) is 15.3. The molecule has 160 valence electrons. The fraction of sp³-hybridized carbons (Fsp3) is 0.192. The number of anilines is 1. The van der Waals surface area contributed by atoms with Gasteiger partial charge in [-0.3, -0.25) is 19.3 Å². The number of nitrogens with zero attached hydrogens (tertiary/aromatic N) is 1. The highest BCUT2D eigenvalue weighted by molar-refractivity contribution is 6.32. The third-order valence-electron chi connectivity index (χ3n) is 6.40. The number of carbonyl (C=O) groups is 3. The third kappa shape index (κ3) is 2.81. The molecule has 0 unspecified atom stereocenters. The molecule has 3 aromatic rings. The van der Waals surface area contributed by atoms with Crippen molar-refractivity contribution >= 4 is 35.1 Å². The van der Waals surface area contributed by atoms with E-state index in [0.29, 0.717) is 27.6 Å². The van der Waals surface area contributed by atoms with Crippen LogP contribution in [0.5, 0.6) is 5.75 Å². The minimum Gasteiger partial charge on any atom is -0.425 e. The van der Waals surface area contributed by atoms with Gasteiger partial charge in [-0.25, -0.2) is 0 Å². The van der Waals surface area contributed by atoms with Gasteiger partial charge in [0.25, 0.3) is 0 Å². The van der Waals surface area contributed by atoms with Crippen molar-refractivity contribution in [1.82, 2.24) is 0 Å². The topological polar surface area (TPSA) is 63.7 Å². The third-order valence-corrected chi connectivity index (χ3v) is 6.80. The zero-order chi connectivity index (χ0) is 22.6. The van der Waals surface area contributed by atoms with Crippen LogP contribution in [0.15, 0.2) is 66.7 Å². The van der Waals surface area contributed by atoms with Crippen molar-refractivity contribution < 1.29 is 19.1 Å². The van der Waals surface area contributed by atoms with Crippen molar-refractivity contribution in [3.05, 3.63) is 94.0 Å². The summed E-state index contributed by atoms with van der Waals surface area (Å²) in [6, 6.07) is 19.6. The Balaban J connectivity index is 1.70. The fourth-order valence-electron chi connectivity index (χ4n) is 4.80. The molecular formula is C26H20ClNO4. The van der Waals surface area contributed by atoms with Crippen molar-refractivity contribution in [2.75, 3.05) is 4.90 Å². The summed E-state index contributed by atoms with van der Waals surface area (Å²) in [7, 11) is 0. The van der Waals surface area contributed by atoms with E-state index in [0.717, 1.165) is 16.0 Å². The molecule has 1 fully saturated rings. The zero-order valence-electron chi connectivity index (χ0n) is 17.6. The molecule has 2 aliphatic heterocycles. The van der Waals surface area contributed by atoms with Crippen molar-refractivity contribution in [3.8, 4) is 5.75 Å². The van der Waals surface area contributed by atoms with Crippen molar-refractivity contribution in [3.63, 3.8) is 0 Å². The van der Waals surface area contributed by atoms with Crippen molar-refractivity contribution in [2.45, 2.75) is 25.7 Å². The Labute approximate surface area is 190 Å². The molecule has 3 aromatic carbocycles. The molecular weight excluding hydrogens is 426 g/mol. The number of hydrogen-bond donors (Lipinski definition) is 0. The lowest BCUT2D eigenvalue weighted by molar-refractivity contribution is -0.141. The number of fused-ring (bicyclic) bond motifs is 1. The van der Waals surface area contributed by atoms with Crippen LogP contribution >= 0.6 is 11.6 Å². The predicted molar refractivity (Wildman–Crippen MR) is 121 cm³/mol. The van der Waals surface area contributed by atoms with Gasteiger partial charge in [-0.1, -0.05) is 65.7 Å². The molecule has 0 bridgehead atoms. The van der Waals surface area contributed by atoms with E-state index >= 15 is 0 Å². The standard InChI is InChI=1S/C26H20ClNO4/c1-15-8-11-22-19(12-15)26(25(31)32-22,17-6-4-3-5-7-17)20-14-23(29)28(24(20)30)18-10-9-16(2)21(27)13-18/h3-13,20H,14H2,1-2H3/t20-,26+/m1/s1. The number of ether oxygens (including phenoxy) is 1. The quantitative estimate of drug-likeness (QED) is 0.332. The molecule has 2 atom stereocenters. The van der Waals surface area contributed by atoms with Crippen LogP contribution < -0.4 is 9.64 Å². The largest absolute Gasteiger partial charge is 0.425 e. The van der Waals surface area contributed by atoms with Gasteiger partial charge in [-0.15, -0.1) is 0 Å². The van der Waals surface area contributed by atoms with Crippen LogP contribution in [0.3, 0.4) is 0 Å². The summed E-state index contributed by atoms with van der Waals surface area (Å²) in [5.74, 6) is -1.87. The molecule has 0 saturated carbocycles. The average molecular weight is 446 g/mol. The number of amides is 2.